The Labute approximate surface area is 115 Å². The fourth-order valence-electron chi connectivity index (χ4n) is 3.49. The second-order valence-electron chi connectivity index (χ2n) is 5.99. The maximum atomic E-state index is 11.7. The van der Waals surface area contributed by atoms with Gasteiger partial charge in [-0.05, 0) is 56.3 Å². The van der Waals surface area contributed by atoms with Gasteiger partial charge in [-0.2, -0.15) is 0 Å². The lowest BCUT2D eigenvalue weighted by atomic mass is 10.0. The molecule has 1 aromatic rings. The summed E-state index contributed by atoms with van der Waals surface area (Å²) in [7, 11) is 0. The quantitative estimate of drug-likeness (QED) is 0.829. The Kier molecular flexibility index (Phi) is 3.97. The Morgan fingerprint density at radius 3 is 2.74 bits per heavy atom. The zero-order valence-electron chi connectivity index (χ0n) is 11.6. The molecule has 0 radical (unpaired) electrons. The summed E-state index contributed by atoms with van der Waals surface area (Å²) >= 11 is 0. The minimum atomic E-state index is 0.360. The van der Waals surface area contributed by atoms with Gasteiger partial charge in [-0.15, -0.1) is 0 Å². The van der Waals surface area contributed by atoms with Gasteiger partial charge in [-0.1, -0.05) is 24.3 Å². The summed E-state index contributed by atoms with van der Waals surface area (Å²) in [5.41, 5.74) is 3.00. The van der Waals surface area contributed by atoms with Gasteiger partial charge in [0.05, 0.1) is 0 Å². The average Bonchev–Trinajstić information content (AvgIpc) is 2.72. The van der Waals surface area contributed by atoms with Crippen molar-refractivity contribution in [2.75, 3.05) is 13.1 Å². The lowest BCUT2D eigenvalue weighted by Gasteiger charge is -2.21. The standard InChI is InChI=1S/C17H23NO/c19-17-9-3-7-15(17)10-12-18-11-4-8-14-5-1-2-6-16(14)13-18/h1-2,5-6,15H,3-4,7-13H2. The van der Waals surface area contributed by atoms with Crippen LogP contribution in [0.4, 0.5) is 0 Å². The van der Waals surface area contributed by atoms with Crippen LogP contribution in [0.25, 0.3) is 0 Å². The van der Waals surface area contributed by atoms with Gasteiger partial charge in [0, 0.05) is 18.9 Å². The third kappa shape index (κ3) is 3.06. The Morgan fingerprint density at radius 1 is 1.11 bits per heavy atom. The fraction of sp³-hybridized carbons (Fsp3) is 0.588. The maximum Gasteiger partial charge on any atom is 0.136 e. The van der Waals surface area contributed by atoms with Gasteiger partial charge in [-0.3, -0.25) is 9.69 Å². The van der Waals surface area contributed by atoms with Gasteiger partial charge in [0.2, 0.25) is 0 Å². The molecule has 0 N–H and O–H groups in total. The summed E-state index contributed by atoms with van der Waals surface area (Å²) in [5, 5.41) is 0. The summed E-state index contributed by atoms with van der Waals surface area (Å²) in [6.45, 7) is 3.33. The number of carbonyl (C=O) groups is 1. The second kappa shape index (κ2) is 5.87. The van der Waals surface area contributed by atoms with E-state index in [4.69, 9.17) is 0 Å². The number of ketones is 1. The summed E-state index contributed by atoms with van der Waals surface area (Å²) in [6.07, 6.45) is 6.59. The molecule has 102 valence electrons. The van der Waals surface area contributed by atoms with Crippen LogP contribution in [0.15, 0.2) is 24.3 Å². The van der Waals surface area contributed by atoms with Gasteiger partial charge in [0.15, 0.2) is 0 Å². The smallest absolute Gasteiger partial charge is 0.136 e. The molecule has 2 heteroatoms. The van der Waals surface area contributed by atoms with Crippen molar-refractivity contribution >= 4 is 5.78 Å². The summed E-state index contributed by atoms with van der Waals surface area (Å²) in [4.78, 5) is 14.2. The van der Waals surface area contributed by atoms with E-state index in [0.717, 1.165) is 38.8 Å². The second-order valence-corrected chi connectivity index (χ2v) is 5.99. The first-order valence-corrected chi connectivity index (χ1v) is 7.65. The Bertz CT molecular complexity index is 454. The predicted molar refractivity (Wildman–Crippen MR) is 77.0 cm³/mol. The number of aryl methyl sites for hydroxylation is 1. The van der Waals surface area contributed by atoms with E-state index in [-0.39, 0.29) is 0 Å². The summed E-state index contributed by atoms with van der Waals surface area (Å²) in [5.74, 6) is 0.869. The number of benzene rings is 1. The molecular weight excluding hydrogens is 234 g/mol. The van der Waals surface area contributed by atoms with Crippen molar-refractivity contribution < 1.29 is 4.79 Å². The lowest BCUT2D eigenvalue weighted by molar-refractivity contribution is -0.120. The minimum absolute atomic E-state index is 0.360. The number of hydrogen-bond acceptors (Lipinski definition) is 2. The number of rotatable bonds is 3. The Morgan fingerprint density at radius 2 is 1.95 bits per heavy atom. The molecule has 1 aromatic carbocycles. The van der Waals surface area contributed by atoms with E-state index >= 15 is 0 Å². The Hall–Kier alpha value is -1.15. The fourth-order valence-corrected chi connectivity index (χ4v) is 3.49. The zero-order valence-corrected chi connectivity index (χ0v) is 11.6. The SMILES string of the molecule is O=C1CCCC1CCN1CCCc2ccccc2C1. The molecule has 1 heterocycles. The molecule has 1 aliphatic carbocycles. The van der Waals surface area contributed by atoms with E-state index in [9.17, 15) is 4.79 Å². The molecule has 1 atom stereocenters. The molecule has 2 nitrogen and oxygen atoms in total. The first-order chi connectivity index (χ1) is 9.33. The highest BCUT2D eigenvalue weighted by molar-refractivity contribution is 5.82. The van der Waals surface area contributed by atoms with Crippen molar-refractivity contribution in [3.8, 4) is 0 Å². The molecule has 1 aliphatic heterocycles. The van der Waals surface area contributed by atoms with Crippen LogP contribution in [0.5, 0.6) is 0 Å². The third-order valence-electron chi connectivity index (χ3n) is 4.66. The number of fused-ring (bicyclic) bond motifs is 1. The molecular formula is C17H23NO. The van der Waals surface area contributed by atoms with Gasteiger partial charge in [-0.25, -0.2) is 0 Å². The molecule has 0 saturated heterocycles. The first-order valence-electron chi connectivity index (χ1n) is 7.65. The molecule has 2 aliphatic rings. The van der Waals surface area contributed by atoms with Crippen molar-refractivity contribution in [1.82, 2.24) is 4.90 Å². The van der Waals surface area contributed by atoms with E-state index in [1.54, 1.807) is 0 Å². The molecule has 1 fully saturated rings. The summed E-state index contributed by atoms with van der Waals surface area (Å²) in [6, 6.07) is 8.81. The number of carbonyl (C=O) groups excluding carboxylic acids is 1. The zero-order chi connectivity index (χ0) is 13.1. The maximum absolute atomic E-state index is 11.7. The van der Waals surface area contributed by atoms with Crippen LogP contribution < -0.4 is 0 Å². The number of nitrogens with zero attached hydrogens (tertiary/aromatic N) is 1. The minimum Gasteiger partial charge on any atom is -0.299 e. The van der Waals surface area contributed by atoms with Crippen molar-refractivity contribution in [1.29, 1.82) is 0 Å². The van der Waals surface area contributed by atoms with E-state index in [2.05, 4.69) is 29.2 Å². The third-order valence-corrected chi connectivity index (χ3v) is 4.66. The monoisotopic (exact) mass is 257 g/mol. The molecule has 1 unspecified atom stereocenters. The molecule has 0 spiro atoms. The van der Waals surface area contributed by atoms with Crippen LogP contribution >= 0.6 is 0 Å². The van der Waals surface area contributed by atoms with Crippen LogP contribution in [-0.2, 0) is 17.8 Å². The summed E-state index contributed by atoms with van der Waals surface area (Å²) < 4.78 is 0. The Balaban J connectivity index is 1.58. The molecule has 19 heavy (non-hydrogen) atoms. The van der Waals surface area contributed by atoms with Crippen LogP contribution in [0.1, 0.15) is 43.2 Å². The van der Waals surface area contributed by atoms with E-state index in [0.29, 0.717) is 11.7 Å². The highest BCUT2D eigenvalue weighted by Gasteiger charge is 2.25. The van der Waals surface area contributed by atoms with Crippen molar-refractivity contribution in [2.45, 2.75) is 45.1 Å². The van der Waals surface area contributed by atoms with Gasteiger partial charge in [0.25, 0.3) is 0 Å². The lowest BCUT2D eigenvalue weighted by Crippen LogP contribution is -2.26. The first kappa shape index (κ1) is 12.9. The topological polar surface area (TPSA) is 20.3 Å². The average molecular weight is 257 g/mol. The van der Waals surface area contributed by atoms with Crippen molar-refractivity contribution in [3.63, 3.8) is 0 Å². The van der Waals surface area contributed by atoms with Crippen LogP contribution in [0.3, 0.4) is 0 Å². The van der Waals surface area contributed by atoms with Crippen LogP contribution in [0, 0.1) is 5.92 Å². The van der Waals surface area contributed by atoms with Gasteiger partial charge < -0.3 is 0 Å². The largest absolute Gasteiger partial charge is 0.299 e. The molecule has 0 bridgehead atoms. The van der Waals surface area contributed by atoms with Crippen molar-refractivity contribution in [2.24, 2.45) is 5.92 Å². The number of hydrogen-bond donors (Lipinski definition) is 0. The normalized spacial score (nSPS) is 24.2. The van der Waals surface area contributed by atoms with Crippen molar-refractivity contribution in [3.05, 3.63) is 35.4 Å². The molecule has 0 amide bonds. The van der Waals surface area contributed by atoms with Gasteiger partial charge in [0.1, 0.15) is 5.78 Å². The van der Waals surface area contributed by atoms with E-state index in [1.807, 2.05) is 0 Å². The highest BCUT2D eigenvalue weighted by atomic mass is 16.1. The molecule has 3 rings (SSSR count). The van der Waals surface area contributed by atoms with Crippen LogP contribution in [-0.4, -0.2) is 23.8 Å². The highest BCUT2D eigenvalue weighted by Crippen LogP contribution is 2.25. The molecule has 1 saturated carbocycles. The van der Waals surface area contributed by atoms with E-state index < -0.39 is 0 Å². The van der Waals surface area contributed by atoms with Crippen LogP contribution in [0.2, 0.25) is 0 Å². The molecule has 0 aromatic heterocycles. The number of Topliss-reactive ketones (excluding diaryl/α,β-unsaturated/α-hetero) is 1. The van der Waals surface area contributed by atoms with Gasteiger partial charge >= 0.3 is 0 Å². The van der Waals surface area contributed by atoms with E-state index in [1.165, 1.54) is 30.5 Å². The predicted octanol–water partition coefficient (Wildman–Crippen LogP) is 3.19.